The molecule has 4 rings (SSSR count). The number of aliphatic carboxylic acids is 1. The minimum atomic E-state index is -1.09. The minimum absolute atomic E-state index is 0.0387. The maximum Gasteiger partial charge on any atom is 0.352 e. The molecule has 156 valence electrons. The molecule has 0 saturated carbocycles. The van der Waals surface area contributed by atoms with E-state index < -0.39 is 18.0 Å². The van der Waals surface area contributed by atoms with Gasteiger partial charge in [-0.15, -0.1) is 0 Å². The average molecular weight is 412 g/mol. The van der Waals surface area contributed by atoms with Gasteiger partial charge in [0.05, 0.1) is 24.2 Å². The Bertz CT molecular complexity index is 668. The summed E-state index contributed by atoms with van der Waals surface area (Å²) in [6.07, 6.45) is 2.32. The number of carbonyl (C=O) groups is 2. The molecular formula is C19H29N3O5S. The van der Waals surface area contributed by atoms with E-state index in [0.717, 1.165) is 32.5 Å². The topological polar surface area (TPSA) is 122 Å². The molecule has 8 nitrogen and oxygen atoms in total. The number of carbonyl (C=O) groups excluding carboxylic acids is 1. The average Bonchev–Trinajstić information content (AvgIpc) is 3.38. The molecule has 0 aliphatic carbocycles. The second-order valence-corrected chi connectivity index (χ2v) is 9.79. The van der Waals surface area contributed by atoms with Crippen LogP contribution in [0.2, 0.25) is 0 Å². The number of hydrogen-bond donors (Lipinski definition) is 5. The second kappa shape index (κ2) is 7.95. The fourth-order valence-corrected chi connectivity index (χ4v) is 6.36. The van der Waals surface area contributed by atoms with Gasteiger partial charge in [0, 0.05) is 36.1 Å². The fraction of sp³-hybridized carbons (Fsp3) is 0.789. The summed E-state index contributed by atoms with van der Waals surface area (Å²) < 4.78 is 0. The van der Waals surface area contributed by atoms with E-state index in [1.54, 1.807) is 17.8 Å². The number of thioether (sulfide) groups is 1. The fourth-order valence-electron chi connectivity index (χ4n) is 5.12. The summed E-state index contributed by atoms with van der Waals surface area (Å²) in [5.41, 5.74) is 0.0387. The SMILES string of the molecule is C[C@@H]1C=C(C(=O)O)N2C(=O)[C@H]([C@@H](O)CS[C@@H]3CN[C@H]([C@H](O)[C@@H]4CCNC4)C3)[C@H]12. The van der Waals surface area contributed by atoms with Gasteiger partial charge in [0.1, 0.15) is 5.70 Å². The van der Waals surface area contributed by atoms with Crippen LogP contribution in [0.1, 0.15) is 19.8 Å². The van der Waals surface area contributed by atoms with Crippen molar-refractivity contribution in [1.82, 2.24) is 15.5 Å². The number of hydrogen-bond acceptors (Lipinski definition) is 7. The van der Waals surface area contributed by atoms with E-state index in [9.17, 15) is 24.9 Å². The molecule has 4 aliphatic rings. The molecule has 0 aromatic rings. The van der Waals surface area contributed by atoms with E-state index in [1.807, 2.05) is 6.92 Å². The van der Waals surface area contributed by atoms with Gasteiger partial charge < -0.3 is 30.9 Å². The van der Waals surface area contributed by atoms with Crippen molar-refractivity contribution in [1.29, 1.82) is 0 Å². The van der Waals surface area contributed by atoms with Gasteiger partial charge in [-0.1, -0.05) is 6.92 Å². The highest BCUT2D eigenvalue weighted by atomic mass is 32.2. The van der Waals surface area contributed by atoms with Gasteiger partial charge in [0.15, 0.2) is 0 Å². The molecule has 9 heteroatoms. The van der Waals surface area contributed by atoms with Crippen molar-refractivity contribution < 1.29 is 24.9 Å². The monoisotopic (exact) mass is 411 g/mol. The first kappa shape index (κ1) is 20.2. The lowest BCUT2D eigenvalue weighted by atomic mass is 9.79. The highest BCUT2D eigenvalue weighted by molar-refractivity contribution is 8.00. The Hall–Kier alpha value is -1.13. The van der Waals surface area contributed by atoms with Crippen LogP contribution in [-0.4, -0.2) is 87.0 Å². The number of rotatable bonds is 7. The van der Waals surface area contributed by atoms with Crippen LogP contribution in [0, 0.1) is 17.8 Å². The Morgan fingerprint density at radius 2 is 2.18 bits per heavy atom. The van der Waals surface area contributed by atoms with Crippen LogP contribution < -0.4 is 10.6 Å². The highest BCUT2D eigenvalue weighted by Crippen LogP contribution is 2.44. The first-order valence-electron chi connectivity index (χ1n) is 10.1. The molecule has 0 unspecified atom stereocenters. The zero-order valence-corrected chi connectivity index (χ0v) is 16.8. The first-order valence-corrected chi connectivity index (χ1v) is 11.1. The molecule has 3 saturated heterocycles. The molecule has 4 aliphatic heterocycles. The van der Waals surface area contributed by atoms with E-state index in [0.29, 0.717) is 16.9 Å². The number of carboxylic acid groups (broad SMARTS) is 1. The predicted molar refractivity (Wildman–Crippen MR) is 105 cm³/mol. The maximum absolute atomic E-state index is 12.4. The summed E-state index contributed by atoms with van der Waals surface area (Å²) in [6.45, 7) is 4.50. The quantitative estimate of drug-likeness (QED) is 0.346. The molecule has 3 fully saturated rings. The third-order valence-corrected chi connectivity index (χ3v) is 8.03. The Morgan fingerprint density at radius 1 is 1.39 bits per heavy atom. The number of β-lactam (4-membered cyclic amide) rings is 1. The Morgan fingerprint density at radius 3 is 2.86 bits per heavy atom. The van der Waals surface area contributed by atoms with Crippen molar-refractivity contribution in [2.75, 3.05) is 25.4 Å². The van der Waals surface area contributed by atoms with Crippen LogP contribution in [0.4, 0.5) is 0 Å². The molecule has 0 radical (unpaired) electrons. The number of amides is 1. The van der Waals surface area contributed by atoms with Crippen LogP contribution in [0.15, 0.2) is 11.8 Å². The lowest BCUT2D eigenvalue weighted by Crippen LogP contribution is -2.64. The van der Waals surface area contributed by atoms with Gasteiger partial charge in [-0.3, -0.25) is 4.79 Å². The number of nitrogens with zero attached hydrogens (tertiary/aromatic N) is 1. The largest absolute Gasteiger partial charge is 0.477 e. The first-order chi connectivity index (χ1) is 13.4. The zero-order valence-electron chi connectivity index (χ0n) is 16.0. The van der Waals surface area contributed by atoms with Crippen LogP contribution in [0.25, 0.3) is 0 Å². The van der Waals surface area contributed by atoms with Gasteiger partial charge in [-0.25, -0.2) is 4.79 Å². The van der Waals surface area contributed by atoms with E-state index in [-0.39, 0.29) is 35.7 Å². The van der Waals surface area contributed by atoms with Crippen molar-refractivity contribution in [2.45, 2.75) is 49.3 Å². The van der Waals surface area contributed by atoms with Crippen LogP contribution >= 0.6 is 11.8 Å². The number of carboxylic acids is 1. The lowest BCUT2D eigenvalue weighted by molar-refractivity contribution is -0.162. The van der Waals surface area contributed by atoms with Crippen LogP contribution in [0.5, 0.6) is 0 Å². The van der Waals surface area contributed by atoms with Crippen LogP contribution in [-0.2, 0) is 9.59 Å². The Kier molecular flexibility index (Phi) is 5.72. The molecule has 4 heterocycles. The van der Waals surface area contributed by atoms with E-state index in [2.05, 4.69) is 10.6 Å². The van der Waals surface area contributed by atoms with Gasteiger partial charge in [-0.2, -0.15) is 11.8 Å². The van der Waals surface area contributed by atoms with Gasteiger partial charge >= 0.3 is 5.97 Å². The van der Waals surface area contributed by atoms with Gasteiger partial charge in [0.25, 0.3) is 0 Å². The summed E-state index contributed by atoms with van der Waals surface area (Å²) >= 11 is 1.63. The van der Waals surface area contributed by atoms with Crippen molar-refractivity contribution in [3.8, 4) is 0 Å². The van der Waals surface area contributed by atoms with Crippen molar-refractivity contribution in [3.05, 3.63) is 11.8 Å². The predicted octanol–water partition coefficient (Wildman–Crippen LogP) is -0.773. The minimum Gasteiger partial charge on any atom is -0.477 e. The van der Waals surface area contributed by atoms with Crippen molar-refractivity contribution in [3.63, 3.8) is 0 Å². The summed E-state index contributed by atoms with van der Waals surface area (Å²) in [7, 11) is 0. The molecule has 0 aromatic carbocycles. The molecule has 8 atom stereocenters. The third-order valence-electron chi connectivity index (χ3n) is 6.66. The van der Waals surface area contributed by atoms with E-state index >= 15 is 0 Å². The van der Waals surface area contributed by atoms with Gasteiger partial charge in [0.2, 0.25) is 5.91 Å². The summed E-state index contributed by atoms with van der Waals surface area (Å²) in [5, 5.41) is 37.4. The molecular weight excluding hydrogens is 382 g/mol. The highest BCUT2D eigenvalue weighted by Gasteiger charge is 2.58. The maximum atomic E-state index is 12.4. The van der Waals surface area contributed by atoms with E-state index in [1.165, 1.54) is 4.90 Å². The lowest BCUT2D eigenvalue weighted by Gasteiger charge is -2.47. The molecule has 5 N–H and O–H groups in total. The zero-order chi connectivity index (χ0) is 20.0. The third kappa shape index (κ3) is 3.47. The second-order valence-electron chi connectivity index (χ2n) is 8.46. The normalized spacial score (nSPS) is 39.5. The van der Waals surface area contributed by atoms with E-state index in [4.69, 9.17) is 0 Å². The number of nitrogens with one attached hydrogen (secondary N) is 2. The van der Waals surface area contributed by atoms with Crippen molar-refractivity contribution in [2.24, 2.45) is 17.8 Å². The number of aliphatic hydroxyl groups is 2. The molecule has 1 amide bonds. The summed E-state index contributed by atoms with van der Waals surface area (Å²) in [6, 6.07) is -0.169. The molecule has 28 heavy (non-hydrogen) atoms. The Labute approximate surface area is 168 Å². The van der Waals surface area contributed by atoms with Crippen LogP contribution in [0.3, 0.4) is 0 Å². The molecule has 0 bridgehead atoms. The Balaban J connectivity index is 1.26. The number of aliphatic hydroxyl groups excluding tert-OH is 2. The standard InChI is InChI=1S/C19H29N3O5S/c1-9-4-13(19(26)27)22-16(9)15(18(22)25)14(23)8-28-11-5-12(21-7-11)17(24)10-2-3-20-6-10/h4,9-12,14-17,20-21,23-24H,2-3,5-8H2,1H3,(H,26,27)/t9-,10-,11+,12+,14+,15-,16+,17-/m1/s1. The summed E-state index contributed by atoms with van der Waals surface area (Å²) in [4.78, 5) is 25.0. The molecule has 0 spiro atoms. The number of fused-ring (bicyclic) bond motifs is 1. The van der Waals surface area contributed by atoms with Gasteiger partial charge in [-0.05, 0) is 31.4 Å². The molecule has 0 aromatic heterocycles. The summed E-state index contributed by atoms with van der Waals surface area (Å²) in [5.74, 6) is -1.25. The smallest absolute Gasteiger partial charge is 0.352 e. The van der Waals surface area contributed by atoms with Crippen molar-refractivity contribution >= 4 is 23.6 Å².